The quantitative estimate of drug-likeness (QED) is 0.776. The van der Waals surface area contributed by atoms with Gasteiger partial charge < -0.3 is 9.64 Å². The smallest absolute Gasteiger partial charge is 0.378 e. The van der Waals surface area contributed by atoms with Crippen molar-refractivity contribution in [3.8, 4) is 0 Å². The van der Waals surface area contributed by atoms with Crippen LogP contribution in [0.5, 0.6) is 0 Å². The molecule has 0 bridgehead atoms. The van der Waals surface area contributed by atoms with E-state index in [2.05, 4.69) is 4.99 Å². The molecule has 3 nitrogen and oxygen atoms in total. The van der Waals surface area contributed by atoms with E-state index in [0.717, 1.165) is 17.0 Å². The molecule has 0 saturated carbocycles. The van der Waals surface area contributed by atoms with Crippen molar-refractivity contribution < 1.29 is 17.9 Å². The fraction of sp³-hybridized carbons (Fsp3) is 0.312. The molecule has 1 saturated heterocycles. The molecule has 1 aliphatic heterocycles. The summed E-state index contributed by atoms with van der Waals surface area (Å²) in [5, 5.41) is 1.90. The summed E-state index contributed by atoms with van der Waals surface area (Å²) >= 11 is 1.49. The number of thiophene rings is 1. The number of benzene rings is 1. The van der Waals surface area contributed by atoms with Gasteiger partial charge in [0.1, 0.15) is 0 Å². The average Bonchev–Trinajstić information content (AvgIpc) is 3.06. The SMILES string of the molecule is FC(F)(F)c1ccc(N2CCOCC2)c(N=Cc2cccs2)c1. The van der Waals surface area contributed by atoms with E-state index >= 15 is 0 Å². The van der Waals surface area contributed by atoms with E-state index in [1.807, 2.05) is 22.4 Å². The van der Waals surface area contributed by atoms with Crippen LogP contribution in [0.25, 0.3) is 0 Å². The molecule has 0 aliphatic carbocycles. The van der Waals surface area contributed by atoms with Crippen LogP contribution in [0.3, 0.4) is 0 Å². The van der Waals surface area contributed by atoms with Crippen LogP contribution >= 0.6 is 11.3 Å². The van der Waals surface area contributed by atoms with Gasteiger partial charge in [0.15, 0.2) is 0 Å². The first-order chi connectivity index (χ1) is 11.0. The Hall–Kier alpha value is -1.86. The topological polar surface area (TPSA) is 24.8 Å². The van der Waals surface area contributed by atoms with E-state index in [4.69, 9.17) is 4.74 Å². The maximum Gasteiger partial charge on any atom is 0.416 e. The largest absolute Gasteiger partial charge is 0.416 e. The van der Waals surface area contributed by atoms with Gasteiger partial charge in [0.2, 0.25) is 0 Å². The molecule has 0 N–H and O–H groups in total. The molecule has 2 heterocycles. The number of rotatable bonds is 3. The lowest BCUT2D eigenvalue weighted by molar-refractivity contribution is -0.137. The van der Waals surface area contributed by atoms with E-state index in [9.17, 15) is 13.2 Å². The Morgan fingerprint density at radius 2 is 1.96 bits per heavy atom. The molecule has 0 amide bonds. The number of aliphatic imine (C=N–C) groups is 1. The third-order valence-electron chi connectivity index (χ3n) is 3.53. The number of halogens is 3. The molecule has 7 heteroatoms. The van der Waals surface area contributed by atoms with Crippen molar-refractivity contribution >= 4 is 28.9 Å². The van der Waals surface area contributed by atoms with Gasteiger partial charge in [0, 0.05) is 24.2 Å². The van der Waals surface area contributed by atoms with Gasteiger partial charge in [0.05, 0.1) is 30.2 Å². The third-order valence-corrected chi connectivity index (χ3v) is 4.34. The van der Waals surface area contributed by atoms with Crippen LogP contribution in [-0.4, -0.2) is 32.5 Å². The number of anilines is 1. The second-order valence-corrected chi connectivity index (χ2v) is 6.05. The summed E-state index contributed by atoms with van der Waals surface area (Å²) in [5.41, 5.74) is 0.345. The number of ether oxygens (including phenoxy) is 1. The van der Waals surface area contributed by atoms with Crippen LogP contribution in [0.1, 0.15) is 10.4 Å². The highest BCUT2D eigenvalue weighted by molar-refractivity contribution is 7.11. The number of morpholine rings is 1. The van der Waals surface area contributed by atoms with Gasteiger partial charge in [0.25, 0.3) is 0 Å². The Labute approximate surface area is 136 Å². The Morgan fingerprint density at radius 3 is 2.61 bits per heavy atom. The Kier molecular flexibility index (Phi) is 4.68. The molecule has 122 valence electrons. The normalized spacial score (nSPS) is 16.2. The fourth-order valence-electron chi connectivity index (χ4n) is 2.37. The van der Waals surface area contributed by atoms with E-state index in [0.29, 0.717) is 37.7 Å². The maximum absolute atomic E-state index is 13.0. The zero-order chi connectivity index (χ0) is 16.3. The lowest BCUT2D eigenvalue weighted by atomic mass is 10.1. The third kappa shape index (κ3) is 3.92. The number of nitrogens with zero attached hydrogens (tertiary/aromatic N) is 2. The Balaban J connectivity index is 1.97. The molecule has 0 radical (unpaired) electrons. The molecule has 0 spiro atoms. The first-order valence-corrected chi connectivity index (χ1v) is 8.03. The summed E-state index contributed by atoms with van der Waals surface area (Å²) in [6, 6.07) is 7.45. The van der Waals surface area contributed by atoms with Gasteiger partial charge in [-0.15, -0.1) is 11.3 Å². The van der Waals surface area contributed by atoms with Crippen LogP contribution in [0.15, 0.2) is 40.7 Å². The monoisotopic (exact) mass is 340 g/mol. The van der Waals surface area contributed by atoms with Gasteiger partial charge in [-0.05, 0) is 29.6 Å². The number of hydrogen-bond acceptors (Lipinski definition) is 4. The zero-order valence-electron chi connectivity index (χ0n) is 12.2. The molecule has 1 aromatic carbocycles. The molecule has 2 aromatic rings. The van der Waals surface area contributed by atoms with Crippen LogP contribution < -0.4 is 4.90 Å². The van der Waals surface area contributed by atoms with Crippen molar-refractivity contribution in [1.82, 2.24) is 0 Å². The van der Waals surface area contributed by atoms with Gasteiger partial charge in [-0.1, -0.05) is 6.07 Å². The average molecular weight is 340 g/mol. The van der Waals surface area contributed by atoms with Crippen molar-refractivity contribution in [2.24, 2.45) is 4.99 Å². The van der Waals surface area contributed by atoms with E-state index in [1.165, 1.54) is 17.4 Å². The van der Waals surface area contributed by atoms with E-state index < -0.39 is 11.7 Å². The summed E-state index contributed by atoms with van der Waals surface area (Å²) in [4.78, 5) is 7.20. The first kappa shape index (κ1) is 16.0. The molecule has 23 heavy (non-hydrogen) atoms. The lowest BCUT2D eigenvalue weighted by Gasteiger charge is -2.30. The summed E-state index contributed by atoms with van der Waals surface area (Å²) in [5.74, 6) is 0. The molecule has 0 unspecified atom stereocenters. The predicted molar refractivity (Wildman–Crippen MR) is 86.0 cm³/mol. The zero-order valence-corrected chi connectivity index (χ0v) is 13.0. The second-order valence-electron chi connectivity index (χ2n) is 5.07. The molecular formula is C16H15F3N2OS. The van der Waals surface area contributed by atoms with Gasteiger partial charge in [-0.2, -0.15) is 13.2 Å². The Bertz CT molecular complexity index is 677. The highest BCUT2D eigenvalue weighted by Crippen LogP contribution is 2.37. The van der Waals surface area contributed by atoms with Crippen molar-refractivity contribution in [3.63, 3.8) is 0 Å². The van der Waals surface area contributed by atoms with Crippen LogP contribution in [0.2, 0.25) is 0 Å². The molecule has 1 aliphatic rings. The van der Waals surface area contributed by atoms with Crippen molar-refractivity contribution in [3.05, 3.63) is 46.2 Å². The van der Waals surface area contributed by atoms with Crippen molar-refractivity contribution in [1.29, 1.82) is 0 Å². The summed E-state index contributed by atoms with van der Waals surface area (Å²) in [6.07, 6.45) is -2.78. The number of alkyl halides is 3. The van der Waals surface area contributed by atoms with Crippen molar-refractivity contribution in [2.75, 3.05) is 31.2 Å². The summed E-state index contributed by atoms with van der Waals surface area (Å²) in [7, 11) is 0. The maximum atomic E-state index is 13.0. The van der Waals surface area contributed by atoms with Crippen LogP contribution in [-0.2, 0) is 10.9 Å². The molecule has 3 rings (SSSR count). The van der Waals surface area contributed by atoms with Gasteiger partial charge in [-0.25, -0.2) is 0 Å². The summed E-state index contributed by atoms with van der Waals surface area (Å²) in [6.45, 7) is 2.42. The minimum Gasteiger partial charge on any atom is -0.378 e. The lowest BCUT2D eigenvalue weighted by Crippen LogP contribution is -2.36. The molecule has 1 aromatic heterocycles. The van der Waals surface area contributed by atoms with Gasteiger partial charge in [-0.3, -0.25) is 4.99 Å². The first-order valence-electron chi connectivity index (χ1n) is 7.15. The minimum absolute atomic E-state index is 0.329. The van der Waals surface area contributed by atoms with Crippen molar-refractivity contribution in [2.45, 2.75) is 6.18 Å². The highest BCUT2D eigenvalue weighted by atomic mass is 32.1. The highest BCUT2D eigenvalue weighted by Gasteiger charge is 2.31. The Morgan fingerprint density at radius 1 is 1.17 bits per heavy atom. The van der Waals surface area contributed by atoms with E-state index in [-0.39, 0.29) is 0 Å². The molecule has 0 atom stereocenters. The minimum atomic E-state index is -4.38. The van der Waals surface area contributed by atoms with E-state index in [1.54, 1.807) is 6.21 Å². The second kappa shape index (κ2) is 6.72. The predicted octanol–water partition coefficient (Wildman–Crippen LogP) is 4.35. The van der Waals surface area contributed by atoms with Crippen LogP contribution in [0, 0.1) is 0 Å². The number of hydrogen-bond donors (Lipinski definition) is 0. The molecular weight excluding hydrogens is 325 g/mol. The van der Waals surface area contributed by atoms with Crippen LogP contribution in [0.4, 0.5) is 24.5 Å². The fourth-order valence-corrected chi connectivity index (χ4v) is 2.96. The van der Waals surface area contributed by atoms with Gasteiger partial charge >= 0.3 is 6.18 Å². The summed E-state index contributed by atoms with van der Waals surface area (Å²) < 4.78 is 44.2. The standard InChI is InChI=1S/C16H15F3N2OS/c17-16(18,19)12-3-4-15(21-5-7-22-8-6-21)14(10-12)20-11-13-2-1-9-23-13/h1-4,9-11H,5-8H2. The molecule has 1 fully saturated rings.